The number of carbonyl (C=O) groups excluding carboxylic acids is 1. The smallest absolute Gasteiger partial charge is 0.307 e. The van der Waals surface area contributed by atoms with Gasteiger partial charge in [0.05, 0.1) is 16.4 Å². The molecule has 0 aliphatic carbocycles. The summed E-state index contributed by atoms with van der Waals surface area (Å²) in [6, 6.07) is 18.1. The molecule has 110 valence electrons. The first-order valence-electron chi connectivity index (χ1n) is 6.64. The summed E-state index contributed by atoms with van der Waals surface area (Å²) >= 11 is 11.9. The van der Waals surface area contributed by atoms with E-state index >= 15 is 0 Å². The van der Waals surface area contributed by atoms with Gasteiger partial charge < -0.3 is 10.6 Å². The van der Waals surface area contributed by atoms with Crippen molar-refractivity contribution in [2.75, 3.05) is 10.6 Å². The van der Waals surface area contributed by atoms with Gasteiger partial charge in [-0.1, -0.05) is 59.6 Å². The lowest BCUT2D eigenvalue weighted by molar-refractivity contribution is 0.262. The Bertz CT molecular complexity index is 844. The molecule has 0 aromatic heterocycles. The van der Waals surface area contributed by atoms with E-state index in [1.54, 1.807) is 18.2 Å². The van der Waals surface area contributed by atoms with E-state index in [1.807, 2.05) is 42.5 Å². The van der Waals surface area contributed by atoms with Gasteiger partial charge in [-0.2, -0.15) is 0 Å². The van der Waals surface area contributed by atoms with Crippen LogP contribution in [0.25, 0.3) is 10.8 Å². The quantitative estimate of drug-likeness (QED) is 0.613. The third kappa shape index (κ3) is 3.16. The Morgan fingerprint density at radius 3 is 2.36 bits per heavy atom. The number of amides is 2. The topological polar surface area (TPSA) is 41.1 Å². The average molecular weight is 331 g/mol. The molecule has 0 heterocycles. The van der Waals surface area contributed by atoms with Crippen molar-refractivity contribution in [1.82, 2.24) is 0 Å². The van der Waals surface area contributed by atoms with Crippen molar-refractivity contribution >= 4 is 51.4 Å². The van der Waals surface area contributed by atoms with Crippen LogP contribution in [-0.4, -0.2) is 6.03 Å². The predicted octanol–water partition coefficient (Wildman–Crippen LogP) is 5.79. The van der Waals surface area contributed by atoms with Gasteiger partial charge in [-0.3, -0.25) is 0 Å². The van der Waals surface area contributed by atoms with Gasteiger partial charge in [-0.25, -0.2) is 4.79 Å². The van der Waals surface area contributed by atoms with Crippen molar-refractivity contribution in [2.45, 2.75) is 0 Å². The van der Waals surface area contributed by atoms with Crippen LogP contribution in [0.3, 0.4) is 0 Å². The lowest BCUT2D eigenvalue weighted by Crippen LogP contribution is -2.19. The molecular weight excluding hydrogens is 319 g/mol. The summed E-state index contributed by atoms with van der Waals surface area (Å²) in [5.74, 6) is 0. The predicted molar refractivity (Wildman–Crippen MR) is 93.1 cm³/mol. The molecule has 0 fully saturated rings. The van der Waals surface area contributed by atoms with Crippen molar-refractivity contribution in [3.8, 4) is 0 Å². The summed E-state index contributed by atoms with van der Waals surface area (Å²) in [5, 5.41) is 8.49. The van der Waals surface area contributed by atoms with Gasteiger partial charge in [0.2, 0.25) is 0 Å². The van der Waals surface area contributed by atoms with Crippen LogP contribution in [0.2, 0.25) is 10.0 Å². The number of anilines is 2. The second-order valence-electron chi connectivity index (χ2n) is 4.73. The number of fused-ring (bicyclic) bond motifs is 1. The fourth-order valence-electron chi connectivity index (χ4n) is 2.20. The third-order valence-electron chi connectivity index (χ3n) is 3.22. The summed E-state index contributed by atoms with van der Waals surface area (Å²) in [4.78, 5) is 12.1. The highest BCUT2D eigenvalue weighted by molar-refractivity contribution is 6.36. The second kappa shape index (κ2) is 6.26. The molecule has 0 saturated carbocycles. The molecule has 0 aliphatic heterocycles. The Morgan fingerprint density at radius 1 is 0.818 bits per heavy atom. The van der Waals surface area contributed by atoms with Gasteiger partial charge in [0.25, 0.3) is 0 Å². The molecule has 0 bridgehead atoms. The Hall–Kier alpha value is -2.23. The minimum atomic E-state index is -0.361. The van der Waals surface area contributed by atoms with Crippen LogP contribution >= 0.6 is 23.2 Å². The van der Waals surface area contributed by atoms with E-state index in [4.69, 9.17) is 23.2 Å². The summed E-state index contributed by atoms with van der Waals surface area (Å²) < 4.78 is 0. The van der Waals surface area contributed by atoms with E-state index < -0.39 is 0 Å². The van der Waals surface area contributed by atoms with Gasteiger partial charge >= 0.3 is 6.03 Å². The normalized spacial score (nSPS) is 10.5. The van der Waals surface area contributed by atoms with E-state index in [9.17, 15) is 4.79 Å². The number of halogens is 2. The molecule has 0 spiro atoms. The first-order chi connectivity index (χ1) is 10.6. The van der Waals surface area contributed by atoms with Gasteiger partial charge in [-0.15, -0.1) is 0 Å². The maximum atomic E-state index is 12.1. The molecule has 3 aromatic carbocycles. The number of benzene rings is 3. The summed E-state index contributed by atoms with van der Waals surface area (Å²) in [6.07, 6.45) is 0. The van der Waals surface area contributed by atoms with Crippen molar-refractivity contribution in [2.24, 2.45) is 0 Å². The van der Waals surface area contributed by atoms with E-state index in [2.05, 4.69) is 10.6 Å². The van der Waals surface area contributed by atoms with Gasteiger partial charge in [-0.05, 0) is 29.7 Å². The Labute approximate surface area is 137 Å². The standard InChI is InChI=1S/C17H12Cl2N2O/c18-12-8-9-16(14(19)10-12)21-17(22)20-15-7-3-5-11-4-1-2-6-13(11)15/h1-10H,(H2,20,21,22). The first-order valence-corrected chi connectivity index (χ1v) is 7.40. The van der Waals surface area contributed by atoms with Crippen LogP contribution in [-0.2, 0) is 0 Å². The van der Waals surface area contributed by atoms with Crippen molar-refractivity contribution in [3.63, 3.8) is 0 Å². The molecule has 3 nitrogen and oxygen atoms in total. The molecule has 0 radical (unpaired) electrons. The van der Waals surface area contributed by atoms with Gasteiger partial charge in [0.1, 0.15) is 0 Å². The van der Waals surface area contributed by atoms with E-state index in [0.29, 0.717) is 15.7 Å². The molecule has 0 unspecified atom stereocenters. The minimum Gasteiger partial charge on any atom is -0.307 e. The number of hydrogen-bond donors (Lipinski definition) is 2. The molecule has 5 heteroatoms. The van der Waals surface area contributed by atoms with Gasteiger partial charge in [0, 0.05) is 10.4 Å². The Morgan fingerprint density at radius 2 is 1.55 bits per heavy atom. The summed E-state index contributed by atoms with van der Waals surface area (Å²) in [5.41, 5.74) is 1.24. The van der Waals surface area contributed by atoms with Crippen LogP contribution in [0.5, 0.6) is 0 Å². The SMILES string of the molecule is O=C(Nc1ccc(Cl)cc1Cl)Nc1cccc2ccccc12. The Balaban J connectivity index is 1.81. The zero-order valence-electron chi connectivity index (χ0n) is 11.4. The van der Waals surface area contributed by atoms with Crippen LogP contribution in [0.4, 0.5) is 16.2 Å². The highest BCUT2D eigenvalue weighted by atomic mass is 35.5. The average Bonchev–Trinajstić information content (AvgIpc) is 2.50. The van der Waals surface area contributed by atoms with Crippen LogP contribution in [0.1, 0.15) is 0 Å². The molecule has 22 heavy (non-hydrogen) atoms. The number of carbonyl (C=O) groups is 1. The number of urea groups is 1. The van der Waals surface area contributed by atoms with Crippen LogP contribution < -0.4 is 10.6 Å². The van der Waals surface area contributed by atoms with E-state index in [-0.39, 0.29) is 6.03 Å². The minimum absolute atomic E-state index is 0.361. The molecule has 2 N–H and O–H groups in total. The lowest BCUT2D eigenvalue weighted by atomic mass is 10.1. The van der Waals surface area contributed by atoms with Gasteiger partial charge in [0.15, 0.2) is 0 Å². The van der Waals surface area contributed by atoms with E-state index in [0.717, 1.165) is 16.5 Å². The molecular formula is C17H12Cl2N2O. The number of hydrogen-bond acceptors (Lipinski definition) is 1. The largest absolute Gasteiger partial charge is 0.323 e. The summed E-state index contributed by atoms with van der Waals surface area (Å²) in [6.45, 7) is 0. The van der Waals surface area contributed by atoms with Crippen molar-refractivity contribution < 1.29 is 4.79 Å². The third-order valence-corrected chi connectivity index (χ3v) is 3.76. The fourth-order valence-corrected chi connectivity index (χ4v) is 2.66. The highest BCUT2D eigenvalue weighted by Crippen LogP contribution is 2.26. The number of rotatable bonds is 2. The molecule has 3 aromatic rings. The zero-order valence-corrected chi connectivity index (χ0v) is 12.9. The van der Waals surface area contributed by atoms with Crippen LogP contribution in [0.15, 0.2) is 60.7 Å². The Kier molecular flexibility index (Phi) is 4.18. The monoisotopic (exact) mass is 330 g/mol. The van der Waals surface area contributed by atoms with Crippen LogP contribution in [0, 0.1) is 0 Å². The maximum absolute atomic E-state index is 12.1. The molecule has 0 saturated heterocycles. The first kappa shape index (κ1) is 14.7. The molecule has 3 rings (SSSR count). The lowest BCUT2D eigenvalue weighted by Gasteiger charge is -2.11. The number of nitrogens with one attached hydrogen (secondary N) is 2. The fraction of sp³-hybridized carbons (Fsp3) is 0. The molecule has 2 amide bonds. The summed E-state index contributed by atoms with van der Waals surface area (Å²) in [7, 11) is 0. The molecule has 0 aliphatic rings. The van der Waals surface area contributed by atoms with Crippen molar-refractivity contribution in [3.05, 3.63) is 70.7 Å². The second-order valence-corrected chi connectivity index (χ2v) is 5.57. The highest BCUT2D eigenvalue weighted by Gasteiger charge is 2.08. The van der Waals surface area contributed by atoms with E-state index in [1.165, 1.54) is 0 Å². The zero-order chi connectivity index (χ0) is 15.5. The maximum Gasteiger partial charge on any atom is 0.323 e. The van der Waals surface area contributed by atoms with Crippen molar-refractivity contribution in [1.29, 1.82) is 0 Å². The molecule has 0 atom stereocenters.